The third kappa shape index (κ3) is 1.81. The third-order valence-corrected chi connectivity index (χ3v) is 3.12. The van der Waals surface area contributed by atoms with Gasteiger partial charge in [0.25, 0.3) is 0 Å². The molecular weight excluding hydrogens is 172 g/mol. The number of aryl methyl sites for hydroxylation is 2. The van der Waals surface area contributed by atoms with Crippen LogP contribution < -0.4 is 11.3 Å². The maximum absolute atomic E-state index is 5.43. The van der Waals surface area contributed by atoms with Gasteiger partial charge in [0, 0.05) is 6.04 Å². The summed E-state index contributed by atoms with van der Waals surface area (Å²) in [5.74, 6) is 5.43. The lowest BCUT2D eigenvalue weighted by Crippen LogP contribution is -2.25. The van der Waals surface area contributed by atoms with Gasteiger partial charge in [-0.1, -0.05) is 18.2 Å². The summed E-state index contributed by atoms with van der Waals surface area (Å²) in [5, 5.41) is 0. The monoisotopic (exact) mass is 190 g/mol. The summed E-state index contributed by atoms with van der Waals surface area (Å²) in [5.41, 5.74) is 7.14. The molecule has 0 spiro atoms. The molecule has 1 atom stereocenters. The van der Waals surface area contributed by atoms with Gasteiger partial charge in [0.05, 0.1) is 0 Å². The van der Waals surface area contributed by atoms with Crippen molar-refractivity contribution in [3.05, 3.63) is 34.9 Å². The van der Waals surface area contributed by atoms with Crippen LogP contribution in [0.4, 0.5) is 0 Å². The van der Waals surface area contributed by atoms with E-state index in [4.69, 9.17) is 5.84 Å². The Balaban J connectivity index is 2.29. The first-order chi connectivity index (χ1) is 6.81. The van der Waals surface area contributed by atoms with Crippen molar-refractivity contribution in [2.24, 2.45) is 5.84 Å². The van der Waals surface area contributed by atoms with Gasteiger partial charge in [0.1, 0.15) is 0 Å². The smallest absolute Gasteiger partial charge is 0.0431 e. The maximum atomic E-state index is 5.43. The number of benzene rings is 1. The van der Waals surface area contributed by atoms with E-state index in [9.17, 15) is 0 Å². The molecule has 0 saturated heterocycles. The number of hydrazine groups is 1. The minimum atomic E-state index is 0.252. The Kier molecular flexibility index (Phi) is 2.85. The average molecular weight is 190 g/mol. The van der Waals surface area contributed by atoms with E-state index in [1.54, 1.807) is 0 Å². The molecular formula is C12H18N2. The van der Waals surface area contributed by atoms with Crippen LogP contribution in [0, 0.1) is 0 Å². The molecule has 0 aromatic heterocycles. The summed E-state index contributed by atoms with van der Waals surface area (Å²) in [7, 11) is 0. The molecule has 0 amide bonds. The fraction of sp³-hybridized carbons (Fsp3) is 0.500. The van der Waals surface area contributed by atoms with Crippen LogP contribution in [-0.4, -0.2) is 0 Å². The Labute approximate surface area is 85.5 Å². The lowest BCUT2D eigenvalue weighted by Gasteiger charge is -2.18. The van der Waals surface area contributed by atoms with Crippen molar-refractivity contribution in [3.8, 4) is 0 Å². The van der Waals surface area contributed by atoms with E-state index in [1.165, 1.54) is 42.4 Å². The van der Waals surface area contributed by atoms with Crippen molar-refractivity contribution in [3.63, 3.8) is 0 Å². The molecule has 1 aromatic carbocycles. The van der Waals surface area contributed by atoms with Crippen molar-refractivity contribution in [2.45, 2.75) is 38.6 Å². The van der Waals surface area contributed by atoms with Crippen LogP contribution in [0.15, 0.2) is 18.2 Å². The van der Waals surface area contributed by atoms with Crippen molar-refractivity contribution in [1.29, 1.82) is 0 Å². The number of hydrogen-bond acceptors (Lipinski definition) is 2. The zero-order valence-corrected chi connectivity index (χ0v) is 8.72. The molecule has 1 aliphatic carbocycles. The van der Waals surface area contributed by atoms with E-state index >= 15 is 0 Å². The number of rotatable bonds is 2. The van der Waals surface area contributed by atoms with Crippen LogP contribution in [0.1, 0.15) is 42.5 Å². The third-order valence-electron chi connectivity index (χ3n) is 3.12. The van der Waals surface area contributed by atoms with Crippen LogP contribution >= 0.6 is 0 Å². The molecule has 1 aliphatic rings. The molecule has 0 fully saturated rings. The van der Waals surface area contributed by atoms with Gasteiger partial charge in [-0.15, -0.1) is 0 Å². The summed E-state index contributed by atoms with van der Waals surface area (Å²) in [6, 6.07) is 7.01. The fourth-order valence-electron chi connectivity index (χ4n) is 2.12. The Morgan fingerprint density at radius 2 is 1.93 bits per heavy atom. The van der Waals surface area contributed by atoms with E-state index in [0.29, 0.717) is 0 Å². The zero-order chi connectivity index (χ0) is 9.97. The molecule has 2 rings (SSSR count). The van der Waals surface area contributed by atoms with E-state index in [2.05, 4.69) is 30.5 Å². The predicted octanol–water partition coefficient (Wildman–Crippen LogP) is 2.09. The Bertz CT molecular complexity index is 320. The van der Waals surface area contributed by atoms with Crippen LogP contribution in [0.5, 0.6) is 0 Å². The standard InChI is InChI=1S/C12H18N2/c1-9(14-13)11-7-6-10-4-2-3-5-12(10)8-11/h6-9,14H,2-5,13H2,1H3. The summed E-state index contributed by atoms with van der Waals surface area (Å²) in [6.07, 6.45) is 5.17. The van der Waals surface area contributed by atoms with E-state index in [1.807, 2.05) is 0 Å². The molecule has 0 saturated carbocycles. The average Bonchev–Trinajstić information content (AvgIpc) is 2.27. The van der Waals surface area contributed by atoms with E-state index in [0.717, 1.165) is 0 Å². The minimum absolute atomic E-state index is 0.252. The number of hydrogen-bond donors (Lipinski definition) is 2. The normalized spacial score (nSPS) is 17.6. The fourth-order valence-corrected chi connectivity index (χ4v) is 2.12. The molecule has 0 heterocycles. The Morgan fingerprint density at radius 3 is 2.64 bits per heavy atom. The lowest BCUT2D eigenvalue weighted by atomic mass is 9.89. The van der Waals surface area contributed by atoms with Crippen molar-refractivity contribution >= 4 is 0 Å². The first kappa shape index (κ1) is 9.69. The molecule has 0 radical (unpaired) electrons. The van der Waals surface area contributed by atoms with Crippen LogP contribution in [0.3, 0.4) is 0 Å². The zero-order valence-electron chi connectivity index (χ0n) is 8.72. The highest BCUT2D eigenvalue weighted by atomic mass is 15.2. The van der Waals surface area contributed by atoms with Crippen molar-refractivity contribution in [2.75, 3.05) is 0 Å². The van der Waals surface area contributed by atoms with Gasteiger partial charge < -0.3 is 0 Å². The van der Waals surface area contributed by atoms with Gasteiger partial charge in [-0.05, 0) is 49.3 Å². The first-order valence-corrected chi connectivity index (χ1v) is 5.39. The molecule has 14 heavy (non-hydrogen) atoms. The Morgan fingerprint density at radius 1 is 1.21 bits per heavy atom. The molecule has 2 nitrogen and oxygen atoms in total. The van der Waals surface area contributed by atoms with Crippen LogP contribution in [-0.2, 0) is 12.8 Å². The van der Waals surface area contributed by atoms with Gasteiger partial charge in [0.15, 0.2) is 0 Å². The van der Waals surface area contributed by atoms with Gasteiger partial charge >= 0.3 is 0 Å². The molecule has 2 heteroatoms. The molecule has 0 bridgehead atoms. The number of nitrogens with two attached hydrogens (primary N) is 1. The summed E-state index contributed by atoms with van der Waals surface area (Å²) >= 11 is 0. The second-order valence-corrected chi connectivity index (χ2v) is 4.12. The van der Waals surface area contributed by atoms with Gasteiger partial charge in [-0.2, -0.15) is 0 Å². The molecule has 1 unspecified atom stereocenters. The van der Waals surface area contributed by atoms with E-state index in [-0.39, 0.29) is 6.04 Å². The number of nitrogens with one attached hydrogen (secondary N) is 1. The van der Waals surface area contributed by atoms with Crippen LogP contribution in [0.2, 0.25) is 0 Å². The highest BCUT2D eigenvalue weighted by molar-refractivity contribution is 5.34. The van der Waals surface area contributed by atoms with Gasteiger partial charge in [-0.25, -0.2) is 0 Å². The van der Waals surface area contributed by atoms with Crippen molar-refractivity contribution in [1.82, 2.24) is 5.43 Å². The molecule has 76 valence electrons. The second-order valence-electron chi connectivity index (χ2n) is 4.12. The summed E-state index contributed by atoms with van der Waals surface area (Å²) in [4.78, 5) is 0. The largest absolute Gasteiger partial charge is 0.271 e. The highest BCUT2D eigenvalue weighted by Crippen LogP contribution is 2.24. The lowest BCUT2D eigenvalue weighted by molar-refractivity contribution is 0.599. The number of fused-ring (bicyclic) bond motifs is 1. The molecule has 3 N–H and O–H groups in total. The minimum Gasteiger partial charge on any atom is -0.271 e. The van der Waals surface area contributed by atoms with Crippen LogP contribution in [0.25, 0.3) is 0 Å². The van der Waals surface area contributed by atoms with Gasteiger partial charge in [0.2, 0.25) is 0 Å². The quantitative estimate of drug-likeness (QED) is 0.553. The maximum Gasteiger partial charge on any atom is 0.0431 e. The van der Waals surface area contributed by atoms with Gasteiger partial charge in [-0.3, -0.25) is 11.3 Å². The molecule has 1 aromatic rings. The predicted molar refractivity (Wildman–Crippen MR) is 58.8 cm³/mol. The van der Waals surface area contributed by atoms with E-state index < -0.39 is 0 Å². The Hall–Kier alpha value is -0.860. The summed E-state index contributed by atoms with van der Waals surface area (Å²) < 4.78 is 0. The topological polar surface area (TPSA) is 38.0 Å². The SMILES string of the molecule is CC(NN)c1ccc2c(c1)CCCC2. The second kappa shape index (κ2) is 4.11. The highest BCUT2D eigenvalue weighted by Gasteiger charge is 2.11. The first-order valence-electron chi connectivity index (χ1n) is 5.39. The molecule has 0 aliphatic heterocycles. The summed E-state index contributed by atoms with van der Waals surface area (Å²) in [6.45, 7) is 2.09. The van der Waals surface area contributed by atoms with Crippen molar-refractivity contribution < 1.29 is 0 Å².